The molecule has 230 valence electrons. The number of benzene rings is 2. The van der Waals surface area contributed by atoms with E-state index in [4.69, 9.17) is 16.0 Å². The average Bonchev–Trinajstić information content (AvgIpc) is 3.52. The van der Waals surface area contributed by atoms with Crippen LogP contribution in [0.5, 0.6) is 0 Å². The van der Waals surface area contributed by atoms with Crippen LogP contribution in [0.1, 0.15) is 27.2 Å². The van der Waals surface area contributed by atoms with Gasteiger partial charge in [0.25, 0.3) is 5.91 Å². The van der Waals surface area contributed by atoms with Crippen molar-refractivity contribution in [3.63, 3.8) is 0 Å². The summed E-state index contributed by atoms with van der Waals surface area (Å²) in [5.74, 6) is -7.95. The number of nitrogens with zero attached hydrogens (tertiary/aromatic N) is 5. The SMILES string of the molecule is Cc1cc(=O)oc2cc(NC(=O)c3cc(-c4cn(-c5c(C(F)(F)F)c(C(F)(F)C(F)(F)F)nn5C)nn4)ccc3Cl)ccc12. The van der Waals surface area contributed by atoms with Gasteiger partial charge in [0, 0.05) is 35.8 Å². The Morgan fingerprint density at radius 1 is 1.00 bits per heavy atom. The van der Waals surface area contributed by atoms with Crippen LogP contribution < -0.4 is 10.9 Å². The fourth-order valence-electron chi connectivity index (χ4n) is 4.35. The number of fused-ring (bicyclic) bond motifs is 1. The van der Waals surface area contributed by atoms with E-state index in [0.717, 1.165) is 13.2 Å². The average molecular weight is 647 g/mol. The van der Waals surface area contributed by atoms with Crippen molar-refractivity contribution in [2.45, 2.75) is 25.2 Å². The van der Waals surface area contributed by atoms with Crippen molar-refractivity contribution in [1.29, 1.82) is 0 Å². The zero-order valence-corrected chi connectivity index (χ0v) is 22.7. The van der Waals surface area contributed by atoms with Gasteiger partial charge in [-0.05, 0) is 36.8 Å². The summed E-state index contributed by atoms with van der Waals surface area (Å²) in [6.45, 7) is 1.70. The van der Waals surface area contributed by atoms with E-state index in [0.29, 0.717) is 15.6 Å². The molecular weight excluding hydrogens is 632 g/mol. The van der Waals surface area contributed by atoms with Crippen LogP contribution in [0.15, 0.2) is 57.9 Å². The molecule has 18 heteroatoms. The Kier molecular flexibility index (Phi) is 7.26. The molecule has 0 bridgehead atoms. The third kappa shape index (κ3) is 5.38. The van der Waals surface area contributed by atoms with Crippen molar-refractivity contribution in [1.82, 2.24) is 24.8 Å². The second-order valence-corrected chi connectivity index (χ2v) is 9.80. The molecule has 0 atom stereocenters. The minimum atomic E-state index is -6.37. The molecule has 9 nitrogen and oxygen atoms in total. The summed E-state index contributed by atoms with van der Waals surface area (Å²) in [6.07, 6.45) is -11.2. The van der Waals surface area contributed by atoms with Gasteiger partial charge in [0.2, 0.25) is 0 Å². The predicted octanol–water partition coefficient (Wildman–Crippen LogP) is 6.66. The molecule has 0 spiro atoms. The number of nitrogens with one attached hydrogen (secondary N) is 1. The number of amides is 1. The Morgan fingerprint density at radius 2 is 1.70 bits per heavy atom. The highest BCUT2D eigenvalue weighted by atomic mass is 35.5. The lowest BCUT2D eigenvalue weighted by Gasteiger charge is -2.19. The lowest BCUT2D eigenvalue weighted by molar-refractivity contribution is -0.292. The maximum Gasteiger partial charge on any atom is 0.459 e. The van der Waals surface area contributed by atoms with Gasteiger partial charge >= 0.3 is 23.9 Å². The van der Waals surface area contributed by atoms with Crippen molar-refractivity contribution in [3.05, 3.63) is 86.5 Å². The molecule has 3 aromatic heterocycles. The van der Waals surface area contributed by atoms with Crippen molar-refractivity contribution < 1.29 is 44.3 Å². The van der Waals surface area contributed by atoms with E-state index in [9.17, 15) is 44.7 Å². The molecule has 5 aromatic rings. The first-order valence-corrected chi connectivity index (χ1v) is 12.4. The summed E-state index contributed by atoms with van der Waals surface area (Å²) in [4.78, 5) is 24.8. The number of halogens is 9. The Hall–Kier alpha value is -4.80. The van der Waals surface area contributed by atoms with Gasteiger partial charge in [-0.1, -0.05) is 22.9 Å². The number of hydrogen-bond donors (Lipinski definition) is 1. The lowest BCUT2D eigenvalue weighted by atomic mass is 10.1. The molecule has 0 unspecified atom stereocenters. The highest BCUT2D eigenvalue weighted by molar-refractivity contribution is 6.34. The summed E-state index contributed by atoms with van der Waals surface area (Å²) in [5.41, 5.74) is -4.69. The Bertz CT molecular complexity index is 1990. The van der Waals surface area contributed by atoms with Crippen LogP contribution >= 0.6 is 11.6 Å². The third-order valence-electron chi connectivity index (χ3n) is 6.38. The van der Waals surface area contributed by atoms with Gasteiger partial charge in [0.05, 0.1) is 16.8 Å². The van der Waals surface area contributed by atoms with Gasteiger partial charge in [-0.3, -0.25) is 4.79 Å². The summed E-state index contributed by atoms with van der Waals surface area (Å²) in [7, 11) is 0.728. The van der Waals surface area contributed by atoms with Crippen LogP contribution in [0.25, 0.3) is 28.0 Å². The second-order valence-electron chi connectivity index (χ2n) is 9.40. The Morgan fingerprint density at radius 3 is 2.36 bits per heavy atom. The minimum absolute atomic E-state index is 0.0492. The Balaban J connectivity index is 1.50. The molecule has 1 N–H and O–H groups in total. The molecule has 0 saturated carbocycles. The predicted molar refractivity (Wildman–Crippen MR) is 139 cm³/mol. The normalized spacial score (nSPS) is 12.6. The van der Waals surface area contributed by atoms with Crippen LogP contribution in [-0.4, -0.2) is 36.9 Å². The van der Waals surface area contributed by atoms with Crippen LogP contribution in [0.4, 0.5) is 40.8 Å². The molecule has 5 rings (SSSR count). The molecule has 3 heterocycles. The quantitative estimate of drug-likeness (QED) is 0.169. The van der Waals surface area contributed by atoms with Crippen molar-refractivity contribution in [3.8, 4) is 17.1 Å². The lowest BCUT2D eigenvalue weighted by Crippen LogP contribution is -2.36. The smallest absolute Gasteiger partial charge is 0.423 e. The molecule has 44 heavy (non-hydrogen) atoms. The second kappa shape index (κ2) is 10.4. The molecular formula is C26H15ClF8N6O3. The number of carbonyl (C=O) groups is 1. The number of anilines is 1. The van der Waals surface area contributed by atoms with Crippen LogP contribution in [0.2, 0.25) is 5.02 Å². The van der Waals surface area contributed by atoms with E-state index in [2.05, 4.69) is 20.7 Å². The molecule has 2 aromatic carbocycles. The minimum Gasteiger partial charge on any atom is -0.423 e. The molecule has 0 radical (unpaired) electrons. The first-order chi connectivity index (χ1) is 20.4. The number of alkyl halides is 8. The zero-order valence-electron chi connectivity index (χ0n) is 22.0. The fraction of sp³-hybridized carbons (Fsp3) is 0.192. The summed E-state index contributed by atoms with van der Waals surface area (Å²) in [6, 6.07) is 9.65. The van der Waals surface area contributed by atoms with Crippen LogP contribution in [0, 0.1) is 6.92 Å². The molecule has 0 aliphatic carbocycles. The maximum atomic E-state index is 14.0. The first-order valence-electron chi connectivity index (χ1n) is 12.1. The maximum absolute atomic E-state index is 14.0. The molecule has 0 fully saturated rings. The van der Waals surface area contributed by atoms with Crippen molar-refractivity contribution >= 4 is 34.2 Å². The highest BCUT2D eigenvalue weighted by Crippen LogP contribution is 2.49. The van der Waals surface area contributed by atoms with E-state index in [1.807, 2.05) is 0 Å². The molecule has 0 saturated heterocycles. The van der Waals surface area contributed by atoms with Crippen LogP contribution in [-0.2, 0) is 19.1 Å². The first kappa shape index (κ1) is 30.7. The third-order valence-corrected chi connectivity index (χ3v) is 6.71. The topological polar surface area (TPSA) is 108 Å². The van der Waals surface area contributed by atoms with E-state index >= 15 is 0 Å². The zero-order chi connectivity index (χ0) is 32.4. The monoisotopic (exact) mass is 646 g/mol. The van der Waals surface area contributed by atoms with E-state index in [-0.39, 0.29) is 37.8 Å². The van der Waals surface area contributed by atoms with Gasteiger partial charge in [0.15, 0.2) is 11.5 Å². The number of aryl methyl sites for hydroxylation is 2. The van der Waals surface area contributed by atoms with Gasteiger partial charge in [-0.15, -0.1) is 5.10 Å². The van der Waals surface area contributed by atoms with Crippen molar-refractivity contribution in [2.24, 2.45) is 7.05 Å². The summed E-state index contributed by atoms with van der Waals surface area (Å²) >= 11 is 6.20. The van der Waals surface area contributed by atoms with Gasteiger partial charge in [-0.2, -0.15) is 40.2 Å². The van der Waals surface area contributed by atoms with E-state index in [1.165, 1.54) is 30.3 Å². The number of aromatic nitrogens is 5. The molecule has 0 aliphatic rings. The fourth-order valence-corrected chi connectivity index (χ4v) is 4.56. The van der Waals surface area contributed by atoms with Crippen LogP contribution in [0.3, 0.4) is 0 Å². The molecule has 0 aliphatic heterocycles. The number of hydrogen-bond acceptors (Lipinski definition) is 6. The number of rotatable bonds is 5. The summed E-state index contributed by atoms with van der Waals surface area (Å²) in [5, 5.41) is 13.1. The van der Waals surface area contributed by atoms with Gasteiger partial charge in [0.1, 0.15) is 16.8 Å². The van der Waals surface area contributed by atoms with Gasteiger partial charge < -0.3 is 9.73 Å². The standard InChI is InChI=1S/C26H15ClF8N6O3/c1-11-7-19(42)44-18-9-13(4-5-14(11)18)36-22(43)15-8-12(3-6-16(15)27)17-10-41(39-37-17)23-20(25(30,31)32)21(38-40(23)2)24(28,29)26(33,34)35/h3-10H,1-2H3,(H,36,43). The number of carbonyl (C=O) groups excluding carboxylic acids is 1. The molecule has 1 amide bonds. The van der Waals surface area contributed by atoms with Gasteiger partial charge in [-0.25, -0.2) is 14.2 Å². The van der Waals surface area contributed by atoms with Crippen molar-refractivity contribution in [2.75, 3.05) is 5.32 Å². The summed E-state index contributed by atoms with van der Waals surface area (Å²) < 4.78 is 114. The van der Waals surface area contributed by atoms with E-state index in [1.54, 1.807) is 19.1 Å². The largest absolute Gasteiger partial charge is 0.459 e. The highest BCUT2D eigenvalue weighted by Gasteiger charge is 2.64. The Labute approximate surface area is 244 Å². The van der Waals surface area contributed by atoms with E-state index < -0.39 is 46.9 Å².